The van der Waals surface area contributed by atoms with Crippen LogP contribution >= 0.6 is 0 Å². The average Bonchev–Trinajstić information content (AvgIpc) is 3.36. The maximum absolute atomic E-state index is 13.0. The van der Waals surface area contributed by atoms with Gasteiger partial charge in [0, 0.05) is 5.92 Å². The van der Waals surface area contributed by atoms with Crippen molar-refractivity contribution in [3.8, 4) is 0 Å². The van der Waals surface area contributed by atoms with E-state index in [2.05, 4.69) is 31.0 Å². The Morgan fingerprint density at radius 2 is 1.74 bits per heavy atom. The summed E-state index contributed by atoms with van der Waals surface area (Å²) in [5.74, 6) is 1.01. The molecular weight excluding hydrogens is 286 g/mol. The molecule has 1 aliphatic rings. The van der Waals surface area contributed by atoms with Crippen LogP contribution in [0.3, 0.4) is 0 Å². The molecule has 0 spiro atoms. The lowest BCUT2D eigenvalue weighted by atomic mass is 10.1. The van der Waals surface area contributed by atoms with Crippen LogP contribution in [0.1, 0.15) is 37.2 Å². The Hall–Kier alpha value is -2.62. The lowest BCUT2D eigenvalue weighted by Gasteiger charge is -2.18. The molecule has 0 aliphatic carbocycles. The molecule has 1 aromatic heterocycles. The second kappa shape index (κ2) is 5.23. The molecule has 1 aliphatic heterocycles. The normalized spacial score (nSPS) is 17.0. The molecule has 2 heterocycles. The lowest BCUT2D eigenvalue weighted by Crippen LogP contribution is -2.33. The summed E-state index contributed by atoms with van der Waals surface area (Å²) in [7, 11) is 0. The van der Waals surface area contributed by atoms with Crippen LogP contribution in [0.2, 0.25) is 0 Å². The number of rotatable bonds is 3. The molecule has 3 aromatic rings. The summed E-state index contributed by atoms with van der Waals surface area (Å²) in [6.45, 7) is 5.01. The summed E-state index contributed by atoms with van der Waals surface area (Å²) in [5.41, 5.74) is 2.04. The monoisotopic (exact) mass is 305 g/mol. The van der Waals surface area contributed by atoms with E-state index in [1.807, 2.05) is 42.5 Å². The summed E-state index contributed by atoms with van der Waals surface area (Å²) in [4.78, 5) is 17.7. The Bertz CT molecular complexity index is 915. The van der Waals surface area contributed by atoms with Crippen LogP contribution < -0.4 is 10.6 Å². The topological polar surface area (TPSA) is 37.9 Å². The highest BCUT2D eigenvalue weighted by Crippen LogP contribution is 2.33. The Balaban J connectivity index is 1.85. The first kappa shape index (κ1) is 14.0. The van der Waals surface area contributed by atoms with Gasteiger partial charge in [0.1, 0.15) is 5.82 Å². The van der Waals surface area contributed by atoms with E-state index < -0.39 is 0 Å². The van der Waals surface area contributed by atoms with Crippen LogP contribution in [-0.4, -0.2) is 16.2 Å². The van der Waals surface area contributed by atoms with E-state index in [0.717, 1.165) is 17.9 Å². The maximum Gasteiger partial charge on any atom is 0.280 e. The van der Waals surface area contributed by atoms with Crippen molar-refractivity contribution in [3.63, 3.8) is 0 Å². The number of hydrogen-bond acceptors (Lipinski definition) is 3. The van der Waals surface area contributed by atoms with Crippen molar-refractivity contribution in [1.29, 1.82) is 0 Å². The Morgan fingerprint density at radius 1 is 1.04 bits per heavy atom. The smallest absolute Gasteiger partial charge is 0.280 e. The first-order valence-corrected chi connectivity index (χ1v) is 8.00. The van der Waals surface area contributed by atoms with Crippen LogP contribution in [0.25, 0.3) is 10.9 Å². The molecule has 1 fully saturated rings. The fourth-order valence-corrected chi connectivity index (χ4v) is 3.07. The molecule has 4 rings (SSSR count). The largest absolute Gasteiger partial charge is 0.297 e. The van der Waals surface area contributed by atoms with Gasteiger partial charge in [0.25, 0.3) is 5.56 Å². The van der Waals surface area contributed by atoms with Crippen LogP contribution in [0.4, 0.5) is 0 Å². The maximum atomic E-state index is 13.0. The highest BCUT2D eigenvalue weighted by Gasteiger charge is 2.38. The third-order valence-electron chi connectivity index (χ3n) is 4.32. The van der Waals surface area contributed by atoms with Gasteiger partial charge in [-0.05, 0) is 17.7 Å². The molecule has 1 saturated heterocycles. The van der Waals surface area contributed by atoms with Gasteiger partial charge < -0.3 is 0 Å². The molecule has 4 heteroatoms. The van der Waals surface area contributed by atoms with E-state index in [1.165, 1.54) is 5.56 Å². The Kier molecular flexibility index (Phi) is 3.18. The van der Waals surface area contributed by atoms with Crippen molar-refractivity contribution in [2.24, 2.45) is 0 Å². The van der Waals surface area contributed by atoms with Gasteiger partial charge in [0.15, 0.2) is 0 Å². The molecule has 0 amide bonds. The third-order valence-corrected chi connectivity index (χ3v) is 4.32. The van der Waals surface area contributed by atoms with E-state index in [1.54, 1.807) is 4.68 Å². The van der Waals surface area contributed by atoms with Gasteiger partial charge in [-0.1, -0.05) is 56.3 Å². The second-order valence-electron chi connectivity index (χ2n) is 6.31. The van der Waals surface area contributed by atoms with Gasteiger partial charge in [0.2, 0.25) is 0 Å². The molecule has 0 saturated carbocycles. The zero-order valence-corrected chi connectivity index (χ0v) is 13.3. The first-order valence-electron chi connectivity index (χ1n) is 8.00. The first-order chi connectivity index (χ1) is 11.2. The van der Waals surface area contributed by atoms with Gasteiger partial charge >= 0.3 is 0 Å². The minimum atomic E-state index is 0.0257. The molecule has 2 aromatic carbocycles. The predicted molar refractivity (Wildman–Crippen MR) is 92.4 cm³/mol. The van der Waals surface area contributed by atoms with Gasteiger partial charge in [-0.15, -0.1) is 0 Å². The molecular formula is C19H19N3O. The zero-order valence-electron chi connectivity index (χ0n) is 13.3. The highest BCUT2D eigenvalue weighted by atomic mass is 16.1. The number of nitrogens with zero attached hydrogens (tertiary/aromatic N) is 3. The molecule has 0 bridgehead atoms. The summed E-state index contributed by atoms with van der Waals surface area (Å²) in [6.07, 6.45) is 0. The second-order valence-corrected chi connectivity index (χ2v) is 6.31. The van der Waals surface area contributed by atoms with Crippen molar-refractivity contribution in [2.75, 3.05) is 11.6 Å². The number of aromatic nitrogens is 2. The highest BCUT2D eigenvalue weighted by molar-refractivity contribution is 5.77. The predicted octanol–water partition coefficient (Wildman–Crippen LogP) is 3.21. The van der Waals surface area contributed by atoms with Gasteiger partial charge in [-0.2, -0.15) is 0 Å². The van der Waals surface area contributed by atoms with Crippen LogP contribution in [0.15, 0.2) is 59.4 Å². The van der Waals surface area contributed by atoms with Crippen LogP contribution in [0.5, 0.6) is 0 Å². The van der Waals surface area contributed by atoms with Crippen LogP contribution in [0, 0.1) is 0 Å². The minimum Gasteiger partial charge on any atom is -0.297 e. The van der Waals surface area contributed by atoms with Gasteiger partial charge in [0.05, 0.1) is 23.5 Å². The molecule has 1 atom stereocenters. The Labute approximate surface area is 135 Å². The van der Waals surface area contributed by atoms with Gasteiger partial charge in [-0.3, -0.25) is 9.80 Å². The number of benzene rings is 2. The fraction of sp³-hybridized carbons (Fsp3) is 0.263. The average molecular weight is 305 g/mol. The molecule has 0 unspecified atom stereocenters. The minimum absolute atomic E-state index is 0.0257. The number of para-hydroxylation sites is 1. The Morgan fingerprint density at radius 3 is 2.48 bits per heavy atom. The van der Waals surface area contributed by atoms with Crippen molar-refractivity contribution >= 4 is 10.9 Å². The van der Waals surface area contributed by atoms with Gasteiger partial charge in [-0.25, -0.2) is 9.66 Å². The molecule has 0 N–H and O–H groups in total. The van der Waals surface area contributed by atoms with E-state index in [9.17, 15) is 4.79 Å². The third kappa shape index (κ3) is 2.31. The fourth-order valence-electron chi connectivity index (χ4n) is 3.07. The summed E-state index contributed by atoms with van der Waals surface area (Å²) >= 11 is 0. The van der Waals surface area contributed by atoms with Crippen molar-refractivity contribution < 1.29 is 0 Å². The zero-order chi connectivity index (χ0) is 16.0. The SMILES string of the molecule is CC(C)c1nc2ccccc2c(=O)n1N1C[C@H]1c1ccccc1. The van der Waals surface area contributed by atoms with E-state index in [0.29, 0.717) is 5.39 Å². The summed E-state index contributed by atoms with van der Waals surface area (Å²) < 4.78 is 1.78. The van der Waals surface area contributed by atoms with E-state index >= 15 is 0 Å². The molecule has 0 radical (unpaired) electrons. The van der Waals surface area contributed by atoms with Crippen LogP contribution in [-0.2, 0) is 0 Å². The van der Waals surface area contributed by atoms with E-state index in [4.69, 9.17) is 4.98 Å². The summed E-state index contributed by atoms with van der Waals surface area (Å²) in [6, 6.07) is 18.1. The lowest BCUT2D eigenvalue weighted by molar-refractivity contribution is 0.638. The molecule has 116 valence electrons. The number of fused-ring (bicyclic) bond motifs is 1. The molecule has 4 nitrogen and oxygen atoms in total. The van der Waals surface area contributed by atoms with E-state index in [-0.39, 0.29) is 17.5 Å². The molecule has 23 heavy (non-hydrogen) atoms. The quantitative estimate of drug-likeness (QED) is 0.697. The summed E-state index contributed by atoms with van der Waals surface area (Å²) in [5, 5.41) is 2.78. The number of hydrogen-bond donors (Lipinski definition) is 0. The standard InChI is InChI=1S/C19H19N3O/c1-13(2)18-20-16-11-7-6-10-15(16)19(23)22(18)21-12-17(21)14-8-4-3-5-9-14/h3-11,13,17H,12H2,1-2H3/t17-,21?/m0/s1. The van der Waals surface area contributed by atoms with Crippen molar-refractivity contribution in [3.05, 3.63) is 76.3 Å². The van der Waals surface area contributed by atoms with Crippen molar-refractivity contribution in [2.45, 2.75) is 25.8 Å². The van der Waals surface area contributed by atoms with Crippen molar-refractivity contribution in [1.82, 2.24) is 9.66 Å².